The van der Waals surface area contributed by atoms with E-state index in [0.717, 1.165) is 60.7 Å². The number of anilines is 2. The van der Waals surface area contributed by atoms with Crippen molar-refractivity contribution >= 4 is 141 Å². The first-order valence-corrected chi connectivity index (χ1v) is 36.4. The van der Waals surface area contributed by atoms with Gasteiger partial charge in [-0.15, -0.1) is 0 Å². The molecule has 1 amide bonds. The summed E-state index contributed by atoms with van der Waals surface area (Å²) in [7, 11) is 0.512. The number of benzene rings is 7. The van der Waals surface area contributed by atoms with Crippen molar-refractivity contribution in [1.82, 2.24) is 32.0 Å². The molecule has 36 heteroatoms. The number of carbonyl (C=O) groups is 1. The third-order valence-corrected chi connectivity index (χ3v) is 19.7. The number of nitrogens with two attached hydrogens (primary N) is 1. The van der Waals surface area contributed by atoms with Crippen molar-refractivity contribution in [1.29, 1.82) is 0 Å². The van der Waals surface area contributed by atoms with Gasteiger partial charge in [0, 0.05) is 50.1 Å². The smallest absolute Gasteiger partial charge is 0.497 e. The molecule has 0 unspecified atom stereocenters. The second kappa shape index (κ2) is 32.7. The number of hydrogen-bond acceptors (Lipinski definition) is 16. The summed E-state index contributed by atoms with van der Waals surface area (Å²) in [6.07, 6.45) is 0. The molecular formula is C72H54Cl2F6I3N9O15S. The highest BCUT2D eigenvalue weighted by atomic mass is 127. The van der Waals surface area contributed by atoms with Gasteiger partial charge in [0.25, 0.3) is 33.7 Å². The van der Waals surface area contributed by atoms with Crippen LogP contribution in [0.2, 0.25) is 10.0 Å². The fourth-order valence-electron chi connectivity index (χ4n) is 10.8. The standard InChI is InChI=1S/C29H22ClFIN3O5.C23H16F4IN3O7S.C20H16ClFIN3O3/c1-16-4-11-23(20(30)12-16)40-24-14-25(36)33(2)27-26(24)28(37)34(15-17-5-8-19(39-3)9-6-17)29(38)35(27)22-10-7-18(32)13-21(22)31;1-29-18(32)10-17(38-39(35,36)23(25,26)27)19-20(29)31(16-8-5-13(28)9-15(16)24)22(34)30(21(19)33)11-12-3-6-14(37-2)7-4-12;1-10-3-6-15(12(21)7-10)29-16-9-17(27)26(2)20(18(16)19(24)28)25-14-5-4-11(23)8-13(14)22/h4-14H,15H2,1-3H3;3-10H,11H2,1-2H3;3-9,25H,1-2H3,(H2,24,28). The highest BCUT2D eigenvalue weighted by molar-refractivity contribution is 14.1. The van der Waals surface area contributed by atoms with Crippen LogP contribution < -0.4 is 73.4 Å². The molecule has 0 radical (unpaired) electrons. The molecule has 12 rings (SSSR count). The summed E-state index contributed by atoms with van der Waals surface area (Å²) < 4.78 is 142. The van der Waals surface area contributed by atoms with E-state index >= 15 is 8.78 Å². The number of pyridine rings is 3. The Balaban J connectivity index is 0.000000175. The van der Waals surface area contributed by atoms with Gasteiger partial charge in [-0.05, 0) is 207 Å². The molecule has 0 spiro atoms. The monoisotopic (exact) mass is 1880 g/mol. The molecule has 0 atom stereocenters. The predicted octanol–water partition coefficient (Wildman–Crippen LogP) is 13.0. The minimum absolute atomic E-state index is 0.00309. The van der Waals surface area contributed by atoms with Crippen LogP contribution in [0.1, 0.15) is 32.6 Å². The lowest BCUT2D eigenvalue weighted by molar-refractivity contribution is -0.0499. The molecule has 108 heavy (non-hydrogen) atoms. The van der Waals surface area contributed by atoms with Crippen LogP contribution in [0.5, 0.6) is 40.2 Å². The molecule has 0 aliphatic rings. The number of hydrogen-bond donors (Lipinski definition) is 2. The van der Waals surface area contributed by atoms with Crippen LogP contribution in [0.25, 0.3) is 33.4 Å². The summed E-state index contributed by atoms with van der Waals surface area (Å²) in [6.45, 7) is 3.13. The number of fused-ring (bicyclic) bond motifs is 2. The minimum atomic E-state index is -6.34. The zero-order chi connectivity index (χ0) is 78.9. The van der Waals surface area contributed by atoms with Crippen LogP contribution in [-0.2, 0) is 44.4 Å². The topological polar surface area (TPSA) is 289 Å². The molecule has 0 aliphatic carbocycles. The first-order chi connectivity index (χ1) is 50.9. The largest absolute Gasteiger partial charge is 0.534 e. The Morgan fingerprint density at radius 1 is 0.509 bits per heavy atom. The molecule has 24 nitrogen and oxygen atoms in total. The number of alkyl halides is 3. The first-order valence-electron chi connectivity index (χ1n) is 31.0. The van der Waals surface area contributed by atoms with Gasteiger partial charge in [0.15, 0.2) is 5.75 Å². The van der Waals surface area contributed by atoms with E-state index in [2.05, 4.69) is 9.50 Å². The van der Waals surface area contributed by atoms with Crippen LogP contribution >= 0.6 is 91.0 Å². The van der Waals surface area contributed by atoms with Gasteiger partial charge >= 0.3 is 27.0 Å². The minimum Gasteiger partial charge on any atom is -0.497 e. The molecule has 5 heterocycles. The second-order valence-electron chi connectivity index (χ2n) is 23.4. The van der Waals surface area contributed by atoms with Crippen LogP contribution in [0.15, 0.2) is 191 Å². The summed E-state index contributed by atoms with van der Waals surface area (Å²) in [6, 6.07) is 38.1. The van der Waals surface area contributed by atoms with E-state index in [1.165, 1.54) is 82.9 Å². The number of methoxy groups -OCH3 is 2. The quantitative estimate of drug-likeness (QED) is 0.0371. The van der Waals surface area contributed by atoms with E-state index in [0.29, 0.717) is 58.1 Å². The second-order valence-corrected chi connectivity index (χ2v) is 29.5. The third-order valence-electron chi connectivity index (χ3n) is 16.2. The van der Waals surface area contributed by atoms with E-state index in [1.54, 1.807) is 95.4 Å². The molecule has 0 bridgehead atoms. The zero-order valence-corrected chi connectivity index (χ0v) is 65.6. The van der Waals surface area contributed by atoms with E-state index in [1.807, 2.05) is 59.0 Å². The molecular weight excluding hydrogens is 1830 g/mol. The van der Waals surface area contributed by atoms with Crippen molar-refractivity contribution in [3.63, 3.8) is 0 Å². The molecule has 12 aromatic rings. The Hall–Kier alpha value is -10.2. The molecule has 560 valence electrons. The van der Waals surface area contributed by atoms with Gasteiger partial charge in [-0.3, -0.25) is 51.6 Å². The van der Waals surface area contributed by atoms with Crippen LogP contribution in [0, 0.1) is 42.0 Å². The third kappa shape index (κ3) is 17.1. The van der Waals surface area contributed by atoms with Gasteiger partial charge in [0.1, 0.15) is 85.4 Å². The Morgan fingerprint density at radius 2 is 0.898 bits per heavy atom. The highest BCUT2D eigenvalue weighted by Crippen LogP contribution is 2.37. The lowest BCUT2D eigenvalue weighted by atomic mass is 10.2. The molecule has 5 aromatic heterocycles. The van der Waals surface area contributed by atoms with Crippen molar-refractivity contribution in [3.05, 3.63) is 296 Å². The summed E-state index contributed by atoms with van der Waals surface area (Å²) in [4.78, 5) is 106. The summed E-state index contributed by atoms with van der Waals surface area (Å²) in [5, 5.41) is 2.38. The molecule has 0 aliphatic heterocycles. The maximum atomic E-state index is 15.4. The molecule has 0 saturated heterocycles. The van der Waals surface area contributed by atoms with E-state index < -0.39 is 107 Å². The van der Waals surface area contributed by atoms with Crippen molar-refractivity contribution in [3.8, 4) is 51.6 Å². The van der Waals surface area contributed by atoms with Crippen LogP contribution in [0.4, 0.5) is 37.8 Å². The number of amides is 1. The molecule has 7 aromatic carbocycles. The fraction of sp³-hybridized carbons (Fsp3) is 0.139. The Kier molecular flexibility index (Phi) is 24.4. The number of carbonyl (C=O) groups excluding carboxylic acids is 1. The maximum absolute atomic E-state index is 15.4. The predicted molar refractivity (Wildman–Crippen MR) is 418 cm³/mol. The average Bonchev–Trinajstić information content (AvgIpc) is 0.732. The van der Waals surface area contributed by atoms with Gasteiger partial charge < -0.3 is 34.2 Å². The van der Waals surface area contributed by atoms with Gasteiger partial charge in [-0.1, -0.05) is 59.6 Å². The van der Waals surface area contributed by atoms with Gasteiger partial charge in [-0.25, -0.2) is 31.9 Å². The Labute approximate surface area is 656 Å². The van der Waals surface area contributed by atoms with Crippen LogP contribution in [-0.4, -0.2) is 66.0 Å². The first kappa shape index (κ1) is 80.4. The zero-order valence-electron chi connectivity index (χ0n) is 56.8. The summed E-state index contributed by atoms with van der Waals surface area (Å²) in [5.41, 5.74) is -5.15. The van der Waals surface area contributed by atoms with E-state index in [9.17, 15) is 64.3 Å². The number of halogens is 11. The van der Waals surface area contributed by atoms with Gasteiger partial charge in [-0.2, -0.15) is 21.6 Å². The number of aryl methyl sites for hydroxylation is 4. The van der Waals surface area contributed by atoms with Gasteiger partial charge in [0.2, 0.25) is 0 Å². The highest BCUT2D eigenvalue weighted by Gasteiger charge is 2.49. The lowest BCUT2D eigenvalue weighted by Crippen LogP contribution is -2.42. The van der Waals surface area contributed by atoms with Gasteiger partial charge in [0.05, 0.1) is 54.4 Å². The number of nitrogens with zero attached hydrogens (tertiary/aromatic N) is 7. The number of primary amides is 1. The van der Waals surface area contributed by atoms with Crippen molar-refractivity contribution < 1.29 is 62.7 Å². The Morgan fingerprint density at radius 3 is 1.30 bits per heavy atom. The van der Waals surface area contributed by atoms with Crippen molar-refractivity contribution in [2.24, 2.45) is 26.9 Å². The number of ether oxygens (including phenoxy) is 4. The lowest BCUT2D eigenvalue weighted by Gasteiger charge is -2.19. The number of rotatable bonds is 17. The maximum Gasteiger partial charge on any atom is 0.534 e. The normalized spacial score (nSPS) is 11.4. The summed E-state index contributed by atoms with van der Waals surface area (Å²) in [5.74, 6) is -3.04. The summed E-state index contributed by atoms with van der Waals surface area (Å²) >= 11 is 18.3. The van der Waals surface area contributed by atoms with Crippen molar-refractivity contribution in [2.45, 2.75) is 32.4 Å². The number of nitrogens with one attached hydrogen (secondary N) is 1. The molecule has 3 N–H and O–H groups in total. The number of aromatic nitrogens is 7. The average molecular weight is 1880 g/mol. The van der Waals surface area contributed by atoms with Crippen LogP contribution in [0.3, 0.4) is 0 Å². The van der Waals surface area contributed by atoms with E-state index in [4.69, 9.17) is 47.9 Å². The molecule has 0 saturated carbocycles. The van der Waals surface area contributed by atoms with E-state index in [-0.39, 0.29) is 68.4 Å². The fourth-order valence-corrected chi connectivity index (χ4v) is 13.1. The molecule has 0 fully saturated rings. The SMILES string of the molecule is COc1ccc(Cn2c(=O)c3c(OS(=O)(=O)C(F)(F)F)cc(=O)n(C)c3n(-c3ccc(I)cc3F)c2=O)cc1.COc1ccc(Cn2c(=O)c3c(Oc4ccc(C)cc4Cl)cc(=O)n(C)c3n(-c3ccc(I)cc3F)c2=O)cc1.Cc1ccc(Oc2cc(=O)n(C)c(Nc3ccc(I)cc3F)c2C(N)=O)c(Cl)c1. The van der Waals surface area contributed by atoms with Crippen molar-refractivity contribution in [2.75, 3.05) is 19.5 Å². The Bertz CT molecular complexity index is 6220.